The molecule has 144 valence electrons. The van der Waals surface area contributed by atoms with Crippen molar-refractivity contribution in [1.82, 2.24) is 10.2 Å². The minimum atomic E-state index is -5.08. The molecule has 0 unspecified atom stereocenters. The van der Waals surface area contributed by atoms with Crippen LogP contribution in [0.5, 0.6) is 0 Å². The first-order valence-corrected chi connectivity index (χ1v) is 7.81. The van der Waals surface area contributed by atoms with Crippen molar-refractivity contribution in [2.45, 2.75) is 6.18 Å². The fraction of sp³-hybridized carbons (Fsp3) is 0.0556. The van der Waals surface area contributed by atoms with E-state index in [4.69, 9.17) is 15.6 Å². The number of halogens is 3. The van der Waals surface area contributed by atoms with Crippen LogP contribution in [0, 0.1) is 0 Å². The smallest absolute Gasteiger partial charge is 0.475 e. The van der Waals surface area contributed by atoms with Gasteiger partial charge in [-0.05, 0) is 35.9 Å². The summed E-state index contributed by atoms with van der Waals surface area (Å²) in [6, 6.07) is 11.3. The van der Waals surface area contributed by atoms with Crippen LogP contribution in [0.1, 0.15) is 11.1 Å². The molecule has 3 aromatic rings. The molecule has 1 aliphatic heterocycles. The Morgan fingerprint density at radius 2 is 1.89 bits per heavy atom. The Labute approximate surface area is 155 Å². The van der Waals surface area contributed by atoms with E-state index in [9.17, 15) is 18.0 Å². The van der Waals surface area contributed by atoms with Crippen molar-refractivity contribution < 1.29 is 27.9 Å². The molecule has 0 radical (unpaired) electrons. The van der Waals surface area contributed by atoms with Gasteiger partial charge in [0.15, 0.2) is 0 Å². The van der Waals surface area contributed by atoms with E-state index in [1.54, 1.807) is 12.3 Å². The Morgan fingerprint density at radius 1 is 1.18 bits per heavy atom. The number of hydrogen-bond acceptors (Lipinski definition) is 4. The Morgan fingerprint density at radius 3 is 2.57 bits per heavy atom. The van der Waals surface area contributed by atoms with E-state index in [1.807, 2.05) is 36.4 Å². The molecule has 0 saturated heterocycles. The molecule has 10 heteroatoms. The number of benzene rings is 2. The number of alkyl halides is 3. The highest BCUT2D eigenvalue weighted by Crippen LogP contribution is 2.34. The van der Waals surface area contributed by atoms with E-state index in [0.717, 1.165) is 27.7 Å². The van der Waals surface area contributed by atoms with Crippen LogP contribution in [-0.4, -0.2) is 33.4 Å². The van der Waals surface area contributed by atoms with Gasteiger partial charge < -0.3 is 16.2 Å². The quantitative estimate of drug-likeness (QED) is 0.375. The van der Waals surface area contributed by atoms with E-state index < -0.39 is 12.1 Å². The molecule has 7 nitrogen and oxygen atoms in total. The summed E-state index contributed by atoms with van der Waals surface area (Å²) in [5.41, 5.74) is 10.6. The predicted octanol–water partition coefficient (Wildman–Crippen LogP) is 3.27. The highest BCUT2D eigenvalue weighted by Gasteiger charge is 2.38. The van der Waals surface area contributed by atoms with Gasteiger partial charge in [0.25, 0.3) is 5.91 Å². The normalized spacial score (nSPS) is 14.4. The van der Waals surface area contributed by atoms with Gasteiger partial charge in [0, 0.05) is 27.9 Å². The number of carboxylic acid groups (broad SMARTS) is 1. The van der Waals surface area contributed by atoms with Gasteiger partial charge in [-0.25, -0.2) is 4.79 Å². The van der Waals surface area contributed by atoms with Crippen molar-refractivity contribution in [3.05, 3.63) is 53.7 Å². The zero-order chi connectivity index (χ0) is 20.5. The number of aromatic nitrogens is 2. The summed E-state index contributed by atoms with van der Waals surface area (Å²) in [4.78, 5) is 21.0. The molecule has 5 N–H and O–H groups in total. The number of amides is 1. The molecule has 0 fully saturated rings. The summed E-state index contributed by atoms with van der Waals surface area (Å²) >= 11 is 0. The molecule has 0 bridgehead atoms. The van der Waals surface area contributed by atoms with Gasteiger partial charge in [0.2, 0.25) is 0 Å². The van der Waals surface area contributed by atoms with Gasteiger partial charge >= 0.3 is 12.1 Å². The van der Waals surface area contributed by atoms with Crippen molar-refractivity contribution in [1.29, 1.82) is 0 Å². The third-order valence-corrected chi connectivity index (χ3v) is 3.85. The first-order valence-electron chi connectivity index (χ1n) is 7.81. The van der Waals surface area contributed by atoms with Gasteiger partial charge in [-0.15, -0.1) is 0 Å². The maximum atomic E-state index is 12.1. The SMILES string of the molecule is Nc1ccc2c(c1)/C(=C\c1ccc3cn[nH]c3c1)C(=O)N2.O=C(O)C(F)(F)F. The van der Waals surface area contributed by atoms with E-state index in [-0.39, 0.29) is 5.91 Å². The molecule has 0 atom stereocenters. The molecular formula is C18H13F3N4O3. The molecule has 1 amide bonds. The molecule has 28 heavy (non-hydrogen) atoms. The predicted molar refractivity (Wildman–Crippen MR) is 97.1 cm³/mol. The second kappa shape index (κ2) is 7.06. The number of nitrogen functional groups attached to an aromatic ring is 1. The molecule has 0 spiro atoms. The third-order valence-electron chi connectivity index (χ3n) is 3.85. The van der Waals surface area contributed by atoms with Crippen molar-refractivity contribution in [3.8, 4) is 0 Å². The second-order valence-electron chi connectivity index (χ2n) is 5.84. The lowest BCUT2D eigenvalue weighted by Gasteiger charge is -2.00. The summed E-state index contributed by atoms with van der Waals surface area (Å²) in [6.07, 6.45) is -1.45. The fourth-order valence-electron chi connectivity index (χ4n) is 2.56. The van der Waals surface area contributed by atoms with Gasteiger partial charge in [0.05, 0.1) is 11.7 Å². The molecule has 0 saturated carbocycles. The number of hydrogen-bond donors (Lipinski definition) is 4. The van der Waals surface area contributed by atoms with Crippen molar-refractivity contribution in [3.63, 3.8) is 0 Å². The van der Waals surface area contributed by atoms with Gasteiger partial charge in [0.1, 0.15) is 0 Å². The number of fused-ring (bicyclic) bond motifs is 2. The van der Waals surface area contributed by atoms with Gasteiger partial charge in [-0.2, -0.15) is 18.3 Å². The lowest BCUT2D eigenvalue weighted by atomic mass is 10.0. The Balaban J connectivity index is 0.000000279. The van der Waals surface area contributed by atoms with E-state index in [0.29, 0.717) is 11.3 Å². The number of aromatic amines is 1. The molecule has 0 aliphatic carbocycles. The van der Waals surface area contributed by atoms with Gasteiger partial charge in [-0.1, -0.05) is 12.1 Å². The topological polar surface area (TPSA) is 121 Å². The van der Waals surface area contributed by atoms with Crippen LogP contribution in [0.4, 0.5) is 24.5 Å². The molecule has 4 rings (SSSR count). The first kappa shape index (κ1) is 19.0. The number of nitrogens with two attached hydrogens (primary N) is 1. The second-order valence-corrected chi connectivity index (χ2v) is 5.84. The maximum absolute atomic E-state index is 12.1. The van der Waals surface area contributed by atoms with Gasteiger partial charge in [-0.3, -0.25) is 9.89 Å². The standard InChI is InChI=1S/C16H12N4O.C2HF3O2/c17-11-3-4-14-12(7-11)13(16(21)19-14)5-9-1-2-10-8-18-20-15(10)6-9;3-2(4,5)1(6)7/h1-8H,17H2,(H,18,20)(H,19,21);(H,6,7)/b13-5+;. The number of nitrogens with zero attached hydrogens (tertiary/aromatic N) is 1. The molecule has 2 heterocycles. The number of carbonyl (C=O) groups excluding carboxylic acids is 1. The average Bonchev–Trinajstić information content (AvgIpc) is 3.19. The van der Waals surface area contributed by atoms with Crippen molar-refractivity contribution in [2.75, 3.05) is 11.1 Å². The number of carboxylic acids is 1. The highest BCUT2D eigenvalue weighted by molar-refractivity contribution is 6.35. The summed E-state index contributed by atoms with van der Waals surface area (Å²) < 4.78 is 31.7. The van der Waals surface area contributed by atoms with E-state index in [2.05, 4.69) is 15.5 Å². The number of nitrogens with one attached hydrogen (secondary N) is 2. The van der Waals surface area contributed by atoms with Crippen LogP contribution in [0.2, 0.25) is 0 Å². The molecular weight excluding hydrogens is 377 g/mol. The molecule has 2 aromatic carbocycles. The summed E-state index contributed by atoms with van der Waals surface area (Å²) in [7, 11) is 0. The minimum Gasteiger partial charge on any atom is -0.475 e. The number of H-pyrrole nitrogens is 1. The summed E-state index contributed by atoms with van der Waals surface area (Å²) in [5.74, 6) is -2.87. The molecule has 1 aliphatic rings. The van der Waals surface area contributed by atoms with Crippen LogP contribution >= 0.6 is 0 Å². The fourth-order valence-corrected chi connectivity index (χ4v) is 2.56. The van der Waals surface area contributed by atoms with Crippen LogP contribution in [-0.2, 0) is 9.59 Å². The zero-order valence-corrected chi connectivity index (χ0v) is 14.0. The summed E-state index contributed by atoms with van der Waals surface area (Å²) in [6.45, 7) is 0. The highest BCUT2D eigenvalue weighted by atomic mass is 19.4. The van der Waals surface area contributed by atoms with E-state index >= 15 is 0 Å². The summed E-state index contributed by atoms with van der Waals surface area (Å²) in [5, 5.41) is 17.9. The van der Waals surface area contributed by atoms with Crippen molar-refractivity contribution in [2.24, 2.45) is 0 Å². The lowest BCUT2D eigenvalue weighted by Crippen LogP contribution is -2.21. The third kappa shape index (κ3) is 3.95. The van der Waals surface area contributed by atoms with Crippen LogP contribution in [0.15, 0.2) is 42.6 Å². The monoisotopic (exact) mass is 390 g/mol. The maximum Gasteiger partial charge on any atom is 0.490 e. The van der Waals surface area contributed by atoms with E-state index in [1.165, 1.54) is 0 Å². The Hall–Kier alpha value is -3.82. The minimum absolute atomic E-state index is 0.111. The van der Waals surface area contributed by atoms with Crippen LogP contribution in [0.25, 0.3) is 22.6 Å². The lowest BCUT2D eigenvalue weighted by molar-refractivity contribution is -0.192. The number of aliphatic carboxylic acids is 1. The molecule has 1 aromatic heterocycles. The Kier molecular flexibility index (Phi) is 4.78. The largest absolute Gasteiger partial charge is 0.490 e. The number of anilines is 2. The zero-order valence-electron chi connectivity index (χ0n) is 14.0. The first-order chi connectivity index (χ1) is 13.1. The number of carbonyl (C=O) groups is 2. The van der Waals surface area contributed by atoms with Crippen molar-refractivity contribution >= 4 is 45.8 Å². The average molecular weight is 390 g/mol. The Bertz CT molecular complexity index is 1100. The van der Waals surface area contributed by atoms with Crippen LogP contribution in [0.3, 0.4) is 0 Å². The van der Waals surface area contributed by atoms with Crippen LogP contribution < -0.4 is 11.1 Å². The number of rotatable bonds is 1.